The van der Waals surface area contributed by atoms with Gasteiger partial charge in [0.1, 0.15) is 0 Å². The van der Waals surface area contributed by atoms with E-state index in [-0.39, 0.29) is 11.5 Å². The van der Waals surface area contributed by atoms with Gasteiger partial charge in [-0.05, 0) is 12.1 Å². The predicted molar refractivity (Wildman–Crippen MR) is 82.4 cm³/mol. The van der Waals surface area contributed by atoms with Crippen LogP contribution < -0.4 is 15.0 Å². The minimum absolute atomic E-state index is 0.193. The van der Waals surface area contributed by atoms with E-state index in [4.69, 9.17) is 9.47 Å². The number of nitrogens with one attached hydrogen (secondary N) is 1. The molecule has 2 aromatic rings. The van der Waals surface area contributed by atoms with E-state index in [1.807, 2.05) is 12.1 Å². The molecule has 0 bridgehead atoms. The number of pyridine rings is 1. The number of carbonyl (C=O) groups excluding carboxylic acids is 1. The maximum absolute atomic E-state index is 12.3. The van der Waals surface area contributed by atoms with Crippen molar-refractivity contribution >= 4 is 5.91 Å². The Morgan fingerprint density at radius 2 is 1.95 bits per heavy atom. The molecule has 1 aromatic carbocycles. The number of H-pyrrole nitrogens is 1. The molecule has 0 saturated carbocycles. The molecule has 0 spiro atoms. The lowest BCUT2D eigenvalue weighted by molar-refractivity contribution is 0.0783. The molecular formula is C16H18N2O4. The molecule has 1 N–H and O–H groups in total. The lowest BCUT2D eigenvalue weighted by atomic mass is 10.1. The van der Waals surface area contributed by atoms with Crippen molar-refractivity contribution in [2.45, 2.75) is 6.54 Å². The van der Waals surface area contributed by atoms with Crippen molar-refractivity contribution in [3.8, 4) is 11.5 Å². The summed E-state index contributed by atoms with van der Waals surface area (Å²) in [5.41, 5.74) is 1.01. The highest BCUT2D eigenvalue weighted by atomic mass is 16.5. The van der Waals surface area contributed by atoms with E-state index in [9.17, 15) is 9.59 Å². The lowest BCUT2D eigenvalue weighted by Gasteiger charge is -2.19. The van der Waals surface area contributed by atoms with Crippen molar-refractivity contribution in [2.24, 2.45) is 0 Å². The molecule has 0 aliphatic carbocycles. The number of ether oxygens (including phenoxy) is 2. The van der Waals surface area contributed by atoms with Gasteiger partial charge in [0.25, 0.3) is 5.91 Å². The van der Waals surface area contributed by atoms with Gasteiger partial charge < -0.3 is 19.4 Å². The largest absolute Gasteiger partial charge is 0.493 e. The maximum Gasteiger partial charge on any atom is 0.255 e. The standard InChI is InChI=1S/C16H18N2O4/c1-18(16(20)11-7-8-14(19)17-9-11)10-12-5-4-6-13(21-2)15(12)22-3/h4-9H,10H2,1-3H3,(H,17,19). The number of aromatic nitrogens is 1. The van der Waals surface area contributed by atoms with E-state index in [0.717, 1.165) is 5.56 Å². The highest BCUT2D eigenvalue weighted by molar-refractivity contribution is 5.93. The van der Waals surface area contributed by atoms with E-state index < -0.39 is 0 Å². The molecule has 22 heavy (non-hydrogen) atoms. The number of hydrogen-bond acceptors (Lipinski definition) is 4. The number of amides is 1. The summed E-state index contributed by atoms with van der Waals surface area (Å²) in [6.45, 7) is 0.359. The molecule has 6 heteroatoms. The number of para-hydroxylation sites is 1. The minimum Gasteiger partial charge on any atom is -0.493 e. The summed E-state index contributed by atoms with van der Waals surface area (Å²) in [5, 5.41) is 0. The van der Waals surface area contributed by atoms with Crippen molar-refractivity contribution in [2.75, 3.05) is 21.3 Å². The Morgan fingerprint density at radius 3 is 2.55 bits per heavy atom. The summed E-state index contributed by atoms with van der Waals surface area (Å²) in [4.78, 5) is 27.4. The summed E-state index contributed by atoms with van der Waals surface area (Å²) in [7, 11) is 4.81. The van der Waals surface area contributed by atoms with Gasteiger partial charge in [0.2, 0.25) is 5.56 Å². The smallest absolute Gasteiger partial charge is 0.255 e. The first-order valence-electron chi connectivity index (χ1n) is 6.71. The molecule has 0 unspecified atom stereocenters. The third kappa shape index (κ3) is 3.28. The summed E-state index contributed by atoms with van der Waals surface area (Å²) in [5.74, 6) is 1.03. The van der Waals surface area contributed by atoms with Crippen LogP contribution >= 0.6 is 0 Å². The SMILES string of the molecule is COc1cccc(CN(C)C(=O)c2ccc(=O)[nH]c2)c1OC. The van der Waals surface area contributed by atoms with E-state index in [0.29, 0.717) is 23.6 Å². The molecule has 2 rings (SSSR count). The van der Waals surface area contributed by atoms with E-state index in [2.05, 4.69) is 4.98 Å². The average molecular weight is 302 g/mol. The highest BCUT2D eigenvalue weighted by Crippen LogP contribution is 2.31. The van der Waals surface area contributed by atoms with Crippen LogP contribution in [0.15, 0.2) is 41.3 Å². The van der Waals surface area contributed by atoms with Gasteiger partial charge in [0.15, 0.2) is 11.5 Å². The van der Waals surface area contributed by atoms with Gasteiger partial charge in [-0.1, -0.05) is 12.1 Å². The number of rotatable bonds is 5. The second-order valence-corrected chi connectivity index (χ2v) is 4.76. The second-order valence-electron chi connectivity index (χ2n) is 4.76. The first-order chi connectivity index (χ1) is 10.6. The van der Waals surface area contributed by atoms with Crippen molar-refractivity contribution in [3.05, 3.63) is 58.0 Å². The Labute approximate surface area is 128 Å². The molecular weight excluding hydrogens is 284 g/mol. The van der Waals surface area contributed by atoms with Gasteiger partial charge >= 0.3 is 0 Å². The van der Waals surface area contributed by atoms with Gasteiger partial charge in [-0.25, -0.2) is 0 Å². The fourth-order valence-electron chi connectivity index (χ4n) is 2.17. The normalized spacial score (nSPS) is 10.1. The zero-order valence-corrected chi connectivity index (χ0v) is 12.8. The van der Waals surface area contributed by atoms with Crippen LogP contribution in [0.3, 0.4) is 0 Å². The molecule has 0 aliphatic heterocycles. The van der Waals surface area contributed by atoms with E-state index in [1.54, 1.807) is 32.2 Å². The summed E-state index contributed by atoms with van der Waals surface area (Å²) >= 11 is 0. The predicted octanol–water partition coefficient (Wildman–Crippen LogP) is 1.66. The van der Waals surface area contributed by atoms with Crippen LogP contribution in [0.4, 0.5) is 0 Å². The van der Waals surface area contributed by atoms with Crippen LogP contribution in [0.1, 0.15) is 15.9 Å². The van der Waals surface area contributed by atoms with Gasteiger partial charge in [-0.2, -0.15) is 0 Å². The number of nitrogens with zero attached hydrogens (tertiary/aromatic N) is 1. The van der Waals surface area contributed by atoms with Crippen LogP contribution in [-0.4, -0.2) is 37.1 Å². The van der Waals surface area contributed by atoms with Gasteiger partial charge in [-0.15, -0.1) is 0 Å². The van der Waals surface area contributed by atoms with Crippen LogP contribution in [0.25, 0.3) is 0 Å². The quantitative estimate of drug-likeness (QED) is 0.912. The topological polar surface area (TPSA) is 71.6 Å². The number of aromatic amines is 1. The van der Waals surface area contributed by atoms with Crippen LogP contribution in [0, 0.1) is 0 Å². The number of carbonyl (C=O) groups is 1. The molecule has 1 heterocycles. The van der Waals surface area contributed by atoms with Crippen molar-refractivity contribution in [1.82, 2.24) is 9.88 Å². The molecule has 0 atom stereocenters. The number of hydrogen-bond donors (Lipinski definition) is 1. The summed E-state index contributed by atoms with van der Waals surface area (Å²) < 4.78 is 10.6. The molecule has 116 valence electrons. The zero-order chi connectivity index (χ0) is 16.1. The van der Waals surface area contributed by atoms with Crippen LogP contribution in [0.5, 0.6) is 11.5 Å². The summed E-state index contributed by atoms with van der Waals surface area (Å²) in [6.07, 6.45) is 1.41. The van der Waals surface area contributed by atoms with Crippen molar-refractivity contribution < 1.29 is 14.3 Å². The molecule has 0 fully saturated rings. The Morgan fingerprint density at radius 1 is 1.18 bits per heavy atom. The van der Waals surface area contributed by atoms with Crippen LogP contribution in [0.2, 0.25) is 0 Å². The minimum atomic E-state index is -0.242. The molecule has 0 saturated heterocycles. The molecule has 6 nitrogen and oxygen atoms in total. The number of benzene rings is 1. The number of methoxy groups -OCH3 is 2. The van der Waals surface area contributed by atoms with E-state index >= 15 is 0 Å². The molecule has 0 radical (unpaired) electrons. The molecule has 1 amide bonds. The lowest BCUT2D eigenvalue weighted by Crippen LogP contribution is -2.27. The average Bonchev–Trinajstić information content (AvgIpc) is 2.54. The fraction of sp³-hybridized carbons (Fsp3) is 0.250. The fourth-order valence-corrected chi connectivity index (χ4v) is 2.17. The van der Waals surface area contributed by atoms with Gasteiger partial charge in [-0.3, -0.25) is 9.59 Å². The monoisotopic (exact) mass is 302 g/mol. The first-order valence-corrected chi connectivity index (χ1v) is 6.71. The van der Waals surface area contributed by atoms with E-state index in [1.165, 1.54) is 18.3 Å². The Kier molecular flexibility index (Phi) is 4.83. The third-order valence-electron chi connectivity index (χ3n) is 3.27. The molecule has 0 aliphatic rings. The molecule has 1 aromatic heterocycles. The Bertz CT molecular complexity index is 704. The van der Waals surface area contributed by atoms with Crippen molar-refractivity contribution in [3.63, 3.8) is 0 Å². The second kappa shape index (κ2) is 6.80. The van der Waals surface area contributed by atoms with Crippen LogP contribution in [-0.2, 0) is 6.54 Å². The zero-order valence-electron chi connectivity index (χ0n) is 12.8. The first kappa shape index (κ1) is 15.6. The van der Waals surface area contributed by atoms with Crippen molar-refractivity contribution in [1.29, 1.82) is 0 Å². The Hall–Kier alpha value is -2.76. The van der Waals surface area contributed by atoms with Gasteiger partial charge in [0, 0.05) is 31.4 Å². The highest BCUT2D eigenvalue weighted by Gasteiger charge is 2.16. The maximum atomic E-state index is 12.3. The third-order valence-corrected chi connectivity index (χ3v) is 3.27. The van der Waals surface area contributed by atoms with Gasteiger partial charge in [0.05, 0.1) is 19.8 Å². The summed E-state index contributed by atoms with van der Waals surface area (Å²) in [6, 6.07) is 8.34. The Balaban J connectivity index is 2.21.